The highest BCUT2D eigenvalue weighted by atomic mass is 79.9. The number of rotatable bonds is 6. The van der Waals surface area contributed by atoms with Crippen LogP contribution in [0.1, 0.15) is 30.1 Å². The van der Waals surface area contributed by atoms with E-state index in [9.17, 15) is 4.39 Å². The van der Waals surface area contributed by atoms with E-state index in [1.807, 2.05) is 12.1 Å². The molecule has 0 aliphatic carbocycles. The first kappa shape index (κ1) is 17.5. The fourth-order valence-electron chi connectivity index (χ4n) is 2.88. The topological polar surface area (TPSA) is 51.4 Å². The molecule has 1 aliphatic heterocycles. The highest BCUT2D eigenvalue weighted by Crippen LogP contribution is 2.20. The number of ether oxygens (including phenoxy) is 1. The molecule has 1 aliphatic rings. The summed E-state index contributed by atoms with van der Waals surface area (Å²) in [5.41, 5.74) is 0.741. The largest absolute Gasteiger partial charge is 0.378 e. The summed E-state index contributed by atoms with van der Waals surface area (Å²) in [6, 6.07) is 5.24. The molecule has 0 unspecified atom stereocenters. The molecule has 0 saturated carbocycles. The third-order valence-corrected chi connectivity index (χ3v) is 4.69. The molecule has 0 bridgehead atoms. The Hall–Kier alpha value is -1.31. The monoisotopic (exact) mass is 397 g/mol. The Morgan fingerprint density at radius 2 is 2.17 bits per heavy atom. The molecule has 0 atom stereocenters. The van der Waals surface area contributed by atoms with Crippen LogP contribution in [-0.4, -0.2) is 40.8 Å². The van der Waals surface area contributed by atoms with Crippen LogP contribution in [-0.2, 0) is 17.7 Å². The fourth-order valence-corrected chi connectivity index (χ4v) is 3.22. The number of likely N-dealkylation sites (tertiary alicyclic amines) is 1. The molecule has 1 saturated heterocycles. The molecule has 5 nitrogen and oxygen atoms in total. The predicted molar refractivity (Wildman–Crippen MR) is 91.1 cm³/mol. The number of hydrogen-bond acceptors (Lipinski definition) is 5. The van der Waals surface area contributed by atoms with E-state index in [-0.39, 0.29) is 11.9 Å². The number of aromatic nitrogens is 2. The molecule has 0 amide bonds. The zero-order valence-corrected chi connectivity index (χ0v) is 15.3. The minimum absolute atomic E-state index is 0.154. The Kier molecular flexibility index (Phi) is 5.97. The molecular formula is C17H21BrFN3O2. The van der Waals surface area contributed by atoms with E-state index < -0.39 is 0 Å². The van der Waals surface area contributed by atoms with Crippen LogP contribution in [0, 0.1) is 12.7 Å². The van der Waals surface area contributed by atoms with E-state index in [0.29, 0.717) is 31.3 Å². The Labute approximate surface area is 149 Å². The summed E-state index contributed by atoms with van der Waals surface area (Å²) in [6.45, 7) is 4.86. The van der Waals surface area contributed by atoms with Crippen molar-refractivity contribution in [2.75, 3.05) is 19.7 Å². The smallest absolute Gasteiger partial charge is 0.223 e. The van der Waals surface area contributed by atoms with Crippen molar-refractivity contribution in [3.8, 4) is 0 Å². The molecule has 2 aromatic rings. The van der Waals surface area contributed by atoms with Gasteiger partial charge < -0.3 is 9.26 Å². The molecule has 1 fully saturated rings. The second kappa shape index (κ2) is 8.18. The lowest BCUT2D eigenvalue weighted by molar-refractivity contribution is 0.00658. The van der Waals surface area contributed by atoms with Gasteiger partial charge in [-0.15, -0.1) is 0 Å². The van der Waals surface area contributed by atoms with Crippen molar-refractivity contribution in [1.82, 2.24) is 15.0 Å². The van der Waals surface area contributed by atoms with Gasteiger partial charge in [-0.25, -0.2) is 4.39 Å². The van der Waals surface area contributed by atoms with Crippen LogP contribution in [0.25, 0.3) is 0 Å². The maximum absolute atomic E-state index is 13.9. The first-order valence-electron chi connectivity index (χ1n) is 8.17. The molecule has 0 N–H and O–H groups in total. The van der Waals surface area contributed by atoms with Gasteiger partial charge in [0.1, 0.15) is 5.82 Å². The first-order chi connectivity index (χ1) is 11.6. The van der Waals surface area contributed by atoms with Gasteiger partial charge in [0.05, 0.1) is 12.7 Å². The molecule has 1 aromatic heterocycles. The molecule has 3 rings (SSSR count). The number of aryl methyl sites for hydroxylation is 1. The number of piperidine rings is 1. The van der Waals surface area contributed by atoms with Gasteiger partial charge in [-0.05, 0) is 25.0 Å². The van der Waals surface area contributed by atoms with Gasteiger partial charge in [0.25, 0.3) is 0 Å². The van der Waals surface area contributed by atoms with Gasteiger partial charge >= 0.3 is 0 Å². The molecule has 24 heavy (non-hydrogen) atoms. The van der Waals surface area contributed by atoms with Gasteiger partial charge in [-0.2, -0.15) is 4.98 Å². The molecule has 0 radical (unpaired) electrons. The average molecular weight is 398 g/mol. The Balaban J connectivity index is 1.39. The summed E-state index contributed by atoms with van der Waals surface area (Å²) in [7, 11) is 0. The van der Waals surface area contributed by atoms with E-state index in [1.165, 1.54) is 6.07 Å². The normalized spacial score (nSPS) is 16.6. The standard InChI is InChI=1S/C17H21BrFN3O2/c1-12-20-17(21-24-12)6-9-23-15-4-7-22(8-5-15)11-13-2-3-14(18)10-16(13)19/h2-3,10,15H,4-9,11H2,1H3. The van der Waals surface area contributed by atoms with Gasteiger partial charge in [-0.3, -0.25) is 4.90 Å². The van der Waals surface area contributed by atoms with Crippen molar-refractivity contribution in [3.05, 3.63) is 45.8 Å². The quantitative estimate of drug-likeness (QED) is 0.746. The number of halogens is 2. The van der Waals surface area contributed by atoms with Gasteiger partial charge in [0, 0.05) is 43.0 Å². The lowest BCUT2D eigenvalue weighted by Crippen LogP contribution is -2.37. The molecule has 2 heterocycles. The molecule has 7 heteroatoms. The average Bonchev–Trinajstić information content (AvgIpc) is 2.97. The Morgan fingerprint density at radius 3 is 2.83 bits per heavy atom. The van der Waals surface area contributed by atoms with Crippen molar-refractivity contribution < 1.29 is 13.7 Å². The van der Waals surface area contributed by atoms with Crippen molar-refractivity contribution in [2.45, 2.75) is 38.8 Å². The van der Waals surface area contributed by atoms with Crippen molar-refractivity contribution in [3.63, 3.8) is 0 Å². The highest BCUT2D eigenvalue weighted by molar-refractivity contribution is 9.10. The first-order valence-corrected chi connectivity index (χ1v) is 8.96. The van der Waals surface area contributed by atoms with Crippen LogP contribution in [0.4, 0.5) is 4.39 Å². The van der Waals surface area contributed by atoms with Crippen LogP contribution >= 0.6 is 15.9 Å². The zero-order valence-electron chi connectivity index (χ0n) is 13.7. The van der Waals surface area contributed by atoms with Crippen LogP contribution < -0.4 is 0 Å². The molecule has 1 aromatic carbocycles. The number of benzene rings is 1. The second-order valence-corrected chi connectivity index (χ2v) is 6.98. The summed E-state index contributed by atoms with van der Waals surface area (Å²) in [5, 5.41) is 3.86. The molecule has 130 valence electrons. The third-order valence-electron chi connectivity index (χ3n) is 4.19. The van der Waals surface area contributed by atoms with Gasteiger partial charge in [-0.1, -0.05) is 27.2 Å². The Morgan fingerprint density at radius 1 is 1.38 bits per heavy atom. The second-order valence-electron chi connectivity index (χ2n) is 6.06. The number of hydrogen-bond donors (Lipinski definition) is 0. The van der Waals surface area contributed by atoms with Crippen LogP contribution in [0.15, 0.2) is 27.2 Å². The SMILES string of the molecule is Cc1nc(CCOC2CCN(Cc3ccc(Br)cc3F)CC2)no1. The zero-order chi connectivity index (χ0) is 16.9. The summed E-state index contributed by atoms with van der Waals surface area (Å²) in [6.07, 6.45) is 2.85. The lowest BCUT2D eigenvalue weighted by atomic mass is 10.1. The summed E-state index contributed by atoms with van der Waals surface area (Å²) in [4.78, 5) is 6.43. The van der Waals surface area contributed by atoms with Gasteiger partial charge in [0.2, 0.25) is 5.89 Å². The van der Waals surface area contributed by atoms with Crippen LogP contribution in [0.3, 0.4) is 0 Å². The minimum Gasteiger partial charge on any atom is -0.378 e. The predicted octanol–water partition coefficient (Wildman–Crippen LogP) is 3.50. The van der Waals surface area contributed by atoms with Crippen molar-refractivity contribution in [2.24, 2.45) is 0 Å². The van der Waals surface area contributed by atoms with E-state index in [4.69, 9.17) is 9.26 Å². The highest BCUT2D eigenvalue weighted by Gasteiger charge is 2.20. The Bertz CT molecular complexity index is 672. The molecular weight excluding hydrogens is 377 g/mol. The molecule has 0 spiro atoms. The minimum atomic E-state index is -0.154. The van der Waals surface area contributed by atoms with Crippen LogP contribution in [0.2, 0.25) is 0 Å². The van der Waals surface area contributed by atoms with Crippen molar-refractivity contribution >= 4 is 15.9 Å². The van der Waals surface area contributed by atoms with E-state index in [1.54, 1.807) is 6.92 Å². The van der Waals surface area contributed by atoms with Gasteiger partial charge in [0.15, 0.2) is 5.82 Å². The summed E-state index contributed by atoms with van der Waals surface area (Å²) < 4.78 is 25.5. The van der Waals surface area contributed by atoms with Crippen molar-refractivity contribution in [1.29, 1.82) is 0 Å². The number of nitrogens with zero attached hydrogens (tertiary/aromatic N) is 3. The van der Waals surface area contributed by atoms with E-state index in [0.717, 1.165) is 36.0 Å². The maximum Gasteiger partial charge on any atom is 0.223 e. The summed E-state index contributed by atoms with van der Waals surface area (Å²) >= 11 is 3.29. The van der Waals surface area contributed by atoms with E-state index in [2.05, 4.69) is 31.0 Å². The summed E-state index contributed by atoms with van der Waals surface area (Å²) in [5.74, 6) is 1.12. The maximum atomic E-state index is 13.9. The fraction of sp³-hybridized carbons (Fsp3) is 0.529. The lowest BCUT2D eigenvalue weighted by Gasteiger charge is -2.32. The van der Waals surface area contributed by atoms with E-state index >= 15 is 0 Å². The van der Waals surface area contributed by atoms with Crippen LogP contribution in [0.5, 0.6) is 0 Å². The third kappa shape index (κ3) is 4.84.